The lowest BCUT2D eigenvalue weighted by molar-refractivity contribution is -0.134. The van der Waals surface area contributed by atoms with Gasteiger partial charge in [-0.15, -0.1) is 11.3 Å². The van der Waals surface area contributed by atoms with Gasteiger partial charge in [-0.1, -0.05) is 29.0 Å². The minimum absolute atomic E-state index is 0.0887. The van der Waals surface area contributed by atoms with E-state index in [9.17, 15) is 13.2 Å². The Kier molecular flexibility index (Phi) is 5.91. The van der Waals surface area contributed by atoms with Crippen molar-refractivity contribution in [2.75, 3.05) is 37.6 Å². The molecule has 4 heterocycles. The number of hydrogen-bond acceptors (Lipinski definition) is 7. The smallest absolute Gasteiger partial charge is 0.253 e. The molecule has 0 bridgehead atoms. The van der Waals surface area contributed by atoms with Gasteiger partial charge in [0.25, 0.3) is 10.0 Å². The molecule has 0 aliphatic carbocycles. The van der Waals surface area contributed by atoms with E-state index < -0.39 is 16.1 Å². The van der Waals surface area contributed by atoms with Crippen LogP contribution in [0.5, 0.6) is 0 Å². The van der Waals surface area contributed by atoms with Crippen molar-refractivity contribution in [2.24, 2.45) is 0 Å². The molecule has 3 aromatic rings. The van der Waals surface area contributed by atoms with Gasteiger partial charge in [-0.2, -0.15) is 4.31 Å². The molecule has 1 amide bonds. The van der Waals surface area contributed by atoms with Crippen LogP contribution in [0.1, 0.15) is 18.4 Å². The molecular weight excluding hydrogens is 488 g/mol. The van der Waals surface area contributed by atoms with E-state index in [1.54, 1.807) is 33.7 Å². The fraction of sp³-hybridized carbons (Fsp3) is 0.429. The largest absolute Gasteiger partial charge is 0.345 e. The van der Waals surface area contributed by atoms with Gasteiger partial charge in [0.2, 0.25) is 5.91 Å². The molecule has 32 heavy (non-hydrogen) atoms. The maximum Gasteiger partial charge on any atom is 0.253 e. The lowest BCUT2D eigenvalue weighted by Gasteiger charge is -2.37. The van der Waals surface area contributed by atoms with Gasteiger partial charge in [0.15, 0.2) is 5.13 Å². The lowest BCUT2D eigenvalue weighted by atomic mass is 10.2. The number of aryl methyl sites for hydroxylation is 1. The fourth-order valence-corrected chi connectivity index (χ4v) is 8.35. The van der Waals surface area contributed by atoms with Crippen LogP contribution in [0.2, 0.25) is 5.02 Å². The van der Waals surface area contributed by atoms with Crippen LogP contribution in [-0.4, -0.2) is 67.3 Å². The molecule has 0 spiro atoms. The molecule has 2 aromatic heterocycles. The molecule has 2 aliphatic rings. The Morgan fingerprint density at radius 2 is 1.94 bits per heavy atom. The number of benzene rings is 1. The van der Waals surface area contributed by atoms with E-state index in [-0.39, 0.29) is 5.91 Å². The number of fused-ring (bicyclic) bond motifs is 1. The minimum Gasteiger partial charge on any atom is -0.345 e. The number of amides is 1. The second-order valence-electron chi connectivity index (χ2n) is 8.03. The summed E-state index contributed by atoms with van der Waals surface area (Å²) in [6.07, 6.45) is 1.27. The van der Waals surface area contributed by atoms with Crippen LogP contribution < -0.4 is 4.90 Å². The maximum atomic E-state index is 13.3. The highest BCUT2D eigenvalue weighted by Gasteiger charge is 2.42. The summed E-state index contributed by atoms with van der Waals surface area (Å²) in [6, 6.07) is 6.61. The first-order valence-corrected chi connectivity index (χ1v) is 14.0. The number of piperazine rings is 1. The van der Waals surface area contributed by atoms with Crippen molar-refractivity contribution in [1.82, 2.24) is 14.2 Å². The maximum absolute atomic E-state index is 13.3. The first-order valence-electron chi connectivity index (χ1n) is 10.5. The van der Waals surface area contributed by atoms with Crippen molar-refractivity contribution in [3.63, 3.8) is 0 Å². The van der Waals surface area contributed by atoms with Crippen LogP contribution >= 0.6 is 34.3 Å². The molecule has 1 atom stereocenters. The van der Waals surface area contributed by atoms with E-state index >= 15 is 0 Å². The molecule has 170 valence electrons. The normalized spacial score (nSPS) is 20.4. The van der Waals surface area contributed by atoms with Crippen molar-refractivity contribution >= 4 is 65.6 Å². The van der Waals surface area contributed by atoms with E-state index in [1.165, 1.54) is 15.6 Å². The highest BCUT2D eigenvalue weighted by Crippen LogP contribution is 2.34. The van der Waals surface area contributed by atoms with Gasteiger partial charge in [0.05, 0.1) is 10.2 Å². The van der Waals surface area contributed by atoms with E-state index in [4.69, 9.17) is 16.6 Å². The molecule has 0 saturated carbocycles. The summed E-state index contributed by atoms with van der Waals surface area (Å²) in [5.74, 6) is -0.0887. The van der Waals surface area contributed by atoms with Gasteiger partial charge in [-0.05, 0) is 48.9 Å². The number of carbonyl (C=O) groups is 1. The standard InChI is InChI=1S/C21H23ClN4O3S3/c1-14-15(22)6-7-17-19(14)23-21(31-17)25-11-9-24(10-12-25)20(27)16-4-2-8-26(16)32(28,29)18-5-3-13-30-18/h3,5-7,13,16H,2,4,8-12H2,1H3/t16-/m1/s1. The van der Waals surface area contributed by atoms with Crippen molar-refractivity contribution in [3.05, 3.63) is 40.2 Å². The molecule has 1 aromatic carbocycles. The number of thiophene rings is 1. The third-order valence-electron chi connectivity index (χ3n) is 6.15. The van der Waals surface area contributed by atoms with E-state index in [0.717, 1.165) is 20.9 Å². The van der Waals surface area contributed by atoms with Gasteiger partial charge >= 0.3 is 0 Å². The lowest BCUT2D eigenvalue weighted by Crippen LogP contribution is -2.54. The summed E-state index contributed by atoms with van der Waals surface area (Å²) in [5.41, 5.74) is 1.91. The number of rotatable bonds is 4. The predicted octanol–water partition coefficient (Wildman–Crippen LogP) is 3.82. The number of anilines is 1. The van der Waals surface area contributed by atoms with Gasteiger partial charge in [0.1, 0.15) is 10.3 Å². The van der Waals surface area contributed by atoms with E-state index in [2.05, 4.69) is 4.90 Å². The number of nitrogens with zero attached hydrogens (tertiary/aromatic N) is 4. The summed E-state index contributed by atoms with van der Waals surface area (Å²) < 4.78 is 28.8. The van der Waals surface area contributed by atoms with Crippen LogP contribution in [0.4, 0.5) is 5.13 Å². The fourth-order valence-electron chi connectivity index (χ4n) is 4.35. The second-order valence-corrected chi connectivity index (χ2v) is 12.5. The number of hydrogen-bond donors (Lipinski definition) is 0. The Balaban J connectivity index is 1.28. The zero-order valence-electron chi connectivity index (χ0n) is 17.5. The third-order valence-corrected chi connectivity index (χ3v) is 10.9. The highest BCUT2D eigenvalue weighted by molar-refractivity contribution is 7.91. The van der Waals surface area contributed by atoms with Crippen molar-refractivity contribution in [2.45, 2.75) is 30.0 Å². The molecule has 0 unspecified atom stereocenters. The molecule has 11 heteroatoms. The quantitative estimate of drug-likeness (QED) is 0.533. The van der Waals surface area contributed by atoms with Gasteiger partial charge < -0.3 is 9.80 Å². The van der Waals surface area contributed by atoms with Crippen molar-refractivity contribution in [1.29, 1.82) is 0 Å². The average molecular weight is 511 g/mol. The summed E-state index contributed by atoms with van der Waals surface area (Å²) in [4.78, 5) is 22.1. The Hall–Kier alpha value is -1.72. The van der Waals surface area contributed by atoms with Crippen LogP contribution in [-0.2, 0) is 14.8 Å². The van der Waals surface area contributed by atoms with Gasteiger partial charge in [0, 0.05) is 37.7 Å². The molecule has 0 N–H and O–H groups in total. The predicted molar refractivity (Wildman–Crippen MR) is 129 cm³/mol. The topological polar surface area (TPSA) is 73.8 Å². The van der Waals surface area contributed by atoms with Crippen molar-refractivity contribution < 1.29 is 13.2 Å². The minimum atomic E-state index is -3.63. The summed E-state index contributed by atoms with van der Waals surface area (Å²) in [5, 5.41) is 3.39. The SMILES string of the molecule is Cc1c(Cl)ccc2sc(N3CCN(C(=O)[C@H]4CCCN4S(=O)(=O)c4cccs4)CC3)nc12. The molecule has 2 aliphatic heterocycles. The number of aromatic nitrogens is 1. The first kappa shape index (κ1) is 22.1. The first-order chi connectivity index (χ1) is 15.4. The molecule has 5 rings (SSSR count). The van der Waals surface area contributed by atoms with E-state index in [0.29, 0.717) is 54.8 Å². The summed E-state index contributed by atoms with van der Waals surface area (Å²) in [6.45, 7) is 4.81. The molecule has 2 saturated heterocycles. The molecule has 2 fully saturated rings. The second kappa shape index (κ2) is 8.57. The number of halogens is 1. The Morgan fingerprint density at radius 1 is 1.16 bits per heavy atom. The third kappa shape index (κ3) is 3.81. The zero-order valence-corrected chi connectivity index (χ0v) is 20.7. The number of thiazole rings is 1. The van der Waals surface area contributed by atoms with E-state index in [1.807, 2.05) is 19.1 Å². The molecule has 7 nitrogen and oxygen atoms in total. The monoisotopic (exact) mass is 510 g/mol. The molecular formula is C21H23ClN4O3S3. The summed E-state index contributed by atoms with van der Waals surface area (Å²) >= 11 is 9.06. The van der Waals surface area contributed by atoms with Crippen molar-refractivity contribution in [3.8, 4) is 0 Å². The Labute approximate surface area is 200 Å². The Bertz CT molecular complexity index is 1250. The Morgan fingerprint density at radius 3 is 2.66 bits per heavy atom. The van der Waals surface area contributed by atoms with Crippen LogP contribution in [0.25, 0.3) is 10.2 Å². The van der Waals surface area contributed by atoms with Crippen LogP contribution in [0.3, 0.4) is 0 Å². The van der Waals surface area contributed by atoms with Crippen LogP contribution in [0, 0.1) is 6.92 Å². The van der Waals surface area contributed by atoms with Gasteiger partial charge in [-0.25, -0.2) is 13.4 Å². The molecule has 0 radical (unpaired) electrons. The highest BCUT2D eigenvalue weighted by atomic mass is 35.5. The van der Waals surface area contributed by atoms with Gasteiger partial charge in [-0.3, -0.25) is 4.79 Å². The average Bonchev–Trinajstić information content (AvgIpc) is 3.56. The summed E-state index contributed by atoms with van der Waals surface area (Å²) in [7, 11) is -3.63. The van der Waals surface area contributed by atoms with Crippen LogP contribution in [0.15, 0.2) is 33.9 Å². The number of sulfonamides is 1. The number of carbonyl (C=O) groups excluding carboxylic acids is 1. The zero-order chi connectivity index (χ0) is 22.5.